The number of hydrogen-bond acceptors (Lipinski definition) is 7. The van der Waals surface area contributed by atoms with Crippen molar-refractivity contribution in [3.63, 3.8) is 0 Å². The lowest BCUT2D eigenvalue weighted by Crippen LogP contribution is -2.54. The van der Waals surface area contributed by atoms with Gasteiger partial charge in [0, 0.05) is 64.2 Å². The van der Waals surface area contributed by atoms with Gasteiger partial charge in [0.25, 0.3) is 0 Å². The van der Waals surface area contributed by atoms with E-state index in [1.54, 1.807) is 28.6 Å². The van der Waals surface area contributed by atoms with E-state index < -0.39 is 27.4 Å². The Morgan fingerprint density at radius 1 is 0.946 bits per heavy atom. The first-order valence-corrected chi connectivity index (χ1v) is 14.4. The van der Waals surface area contributed by atoms with Crippen LogP contribution in [-0.4, -0.2) is 131 Å². The van der Waals surface area contributed by atoms with Gasteiger partial charge in [-0.1, -0.05) is 24.3 Å². The molecule has 0 aromatic rings. The molecular formula is C27H40N4O5S. The smallest absolute Gasteiger partial charge is 0.247 e. The van der Waals surface area contributed by atoms with Gasteiger partial charge in [0.1, 0.15) is 6.04 Å². The van der Waals surface area contributed by atoms with Gasteiger partial charge in [-0.15, -0.1) is 11.8 Å². The van der Waals surface area contributed by atoms with Gasteiger partial charge in [0.2, 0.25) is 17.7 Å². The second kappa shape index (κ2) is 10.7. The molecule has 3 saturated heterocycles. The van der Waals surface area contributed by atoms with Crippen molar-refractivity contribution in [1.82, 2.24) is 19.6 Å². The van der Waals surface area contributed by atoms with Gasteiger partial charge >= 0.3 is 0 Å². The number of amides is 3. The predicted octanol–water partition coefficient (Wildman–Crippen LogP) is 0.595. The molecule has 204 valence electrons. The average Bonchev–Trinajstić information content (AvgIpc) is 3.16. The number of carbonyl (C=O) groups is 3. The summed E-state index contributed by atoms with van der Waals surface area (Å²) in [7, 11) is 1.79. The fourth-order valence-electron chi connectivity index (χ4n) is 6.79. The highest BCUT2D eigenvalue weighted by Crippen LogP contribution is 2.65. The molecule has 0 aromatic carbocycles. The Hall–Kier alpha value is -1.88. The Morgan fingerprint density at radius 2 is 1.70 bits per heavy atom. The molecule has 5 atom stereocenters. The molecule has 3 amide bonds. The maximum atomic E-state index is 14.3. The Kier molecular flexibility index (Phi) is 7.73. The maximum Gasteiger partial charge on any atom is 0.247 e. The molecule has 3 fully saturated rings. The van der Waals surface area contributed by atoms with Gasteiger partial charge < -0.3 is 24.5 Å². The lowest BCUT2D eigenvalue weighted by molar-refractivity contribution is -0.144. The lowest BCUT2D eigenvalue weighted by atomic mass is 9.74. The molecule has 0 aromatic heterocycles. The first-order valence-electron chi connectivity index (χ1n) is 13.6. The second-order valence-electron chi connectivity index (χ2n) is 11.1. The summed E-state index contributed by atoms with van der Waals surface area (Å²) in [5, 5.41) is 9.23. The monoisotopic (exact) mass is 532 g/mol. The number of morpholine rings is 1. The van der Waals surface area contributed by atoms with Crippen LogP contribution >= 0.6 is 11.8 Å². The van der Waals surface area contributed by atoms with E-state index in [2.05, 4.69) is 24.0 Å². The van der Waals surface area contributed by atoms with Gasteiger partial charge in [-0.05, 0) is 26.2 Å². The van der Waals surface area contributed by atoms with Crippen LogP contribution in [0.2, 0.25) is 0 Å². The third kappa shape index (κ3) is 4.64. The van der Waals surface area contributed by atoms with Crippen LogP contribution < -0.4 is 0 Å². The number of rotatable bonds is 8. The third-order valence-electron chi connectivity index (χ3n) is 8.69. The Balaban J connectivity index is 1.47. The summed E-state index contributed by atoms with van der Waals surface area (Å²) >= 11 is 1.64. The summed E-state index contributed by atoms with van der Waals surface area (Å²) in [6.45, 7) is 8.18. The van der Waals surface area contributed by atoms with Crippen LogP contribution in [0.3, 0.4) is 0 Å². The van der Waals surface area contributed by atoms with Crippen LogP contribution in [0.1, 0.15) is 26.2 Å². The topological polar surface area (TPSA) is 93.6 Å². The molecule has 5 heterocycles. The van der Waals surface area contributed by atoms with Crippen LogP contribution in [-0.2, 0) is 19.1 Å². The van der Waals surface area contributed by atoms with Gasteiger partial charge in [0.15, 0.2) is 0 Å². The molecule has 5 aliphatic rings. The molecular weight excluding hydrogens is 492 g/mol. The van der Waals surface area contributed by atoms with Crippen molar-refractivity contribution < 1.29 is 24.2 Å². The number of nitrogens with zero attached hydrogens (tertiary/aromatic N) is 4. The number of thioether (sulfide) groups is 1. The van der Waals surface area contributed by atoms with Crippen molar-refractivity contribution in [3.8, 4) is 0 Å². The number of aliphatic hydroxyl groups excluding tert-OH is 1. The van der Waals surface area contributed by atoms with Crippen molar-refractivity contribution in [1.29, 1.82) is 0 Å². The molecule has 1 N–H and O–H groups in total. The normalized spacial score (nSPS) is 36.0. The Labute approximate surface area is 223 Å². The standard InChI is InChI=1S/C27H40N4O5S/c1-26-8-6-10-28(2)23(33)20(26)21-24(34)31(12-4-3-5-17-32)22-25(35)30(11-7-9-27(21,22)37-26)14-13-29-15-18-36-19-16-29/h6-9,20-22,32H,3-5,10-19H2,1-2H3/t20-,21+,22?,26+,27+/m1/s1. The number of unbranched alkanes of at least 4 members (excludes halogenated alkanes) is 2. The molecule has 9 nitrogen and oxygen atoms in total. The number of likely N-dealkylation sites (N-methyl/N-ethyl adjacent to an activating group) is 1. The maximum absolute atomic E-state index is 14.3. The summed E-state index contributed by atoms with van der Waals surface area (Å²) in [5.74, 6) is -1.22. The molecule has 0 radical (unpaired) electrons. The lowest BCUT2D eigenvalue weighted by Gasteiger charge is -2.37. The van der Waals surface area contributed by atoms with Crippen molar-refractivity contribution in [2.75, 3.05) is 72.7 Å². The minimum Gasteiger partial charge on any atom is -0.396 e. The van der Waals surface area contributed by atoms with Crippen LogP contribution in [0, 0.1) is 11.8 Å². The molecule has 5 rings (SSSR count). The molecule has 0 saturated carbocycles. The van der Waals surface area contributed by atoms with Gasteiger partial charge in [-0.25, -0.2) is 0 Å². The summed E-state index contributed by atoms with van der Waals surface area (Å²) < 4.78 is 4.13. The highest BCUT2D eigenvalue weighted by Gasteiger charge is 2.73. The predicted molar refractivity (Wildman–Crippen MR) is 142 cm³/mol. The molecule has 10 heteroatoms. The highest BCUT2D eigenvalue weighted by atomic mass is 32.2. The Morgan fingerprint density at radius 3 is 2.46 bits per heavy atom. The quantitative estimate of drug-likeness (QED) is 0.361. The molecule has 1 spiro atoms. The first-order chi connectivity index (χ1) is 17.8. The average molecular weight is 533 g/mol. The highest BCUT2D eigenvalue weighted by molar-refractivity contribution is 8.02. The summed E-state index contributed by atoms with van der Waals surface area (Å²) in [4.78, 5) is 49.8. The van der Waals surface area contributed by atoms with E-state index in [9.17, 15) is 19.5 Å². The fraction of sp³-hybridized carbons (Fsp3) is 0.741. The number of ether oxygens (including phenoxy) is 1. The number of carbonyl (C=O) groups excluding carboxylic acids is 3. The van der Waals surface area contributed by atoms with Gasteiger partial charge in [-0.2, -0.15) is 0 Å². The van der Waals surface area contributed by atoms with Crippen molar-refractivity contribution >= 4 is 29.5 Å². The molecule has 1 unspecified atom stereocenters. The summed E-state index contributed by atoms with van der Waals surface area (Å²) in [6.07, 6.45) is 10.4. The van der Waals surface area contributed by atoms with E-state index in [0.717, 1.165) is 32.5 Å². The molecule has 5 aliphatic heterocycles. The molecule has 0 aliphatic carbocycles. The van der Waals surface area contributed by atoms with Crippen LogP contribution in [0.15, 0.2) is 24.3 Å². The van der Waals surface area contributed by atoms with Crippen LogP contribution in [0.25, 0.3) is 0 Å². The zero-order valence-corrected chi connectivity index (χ0v) is 22.8. The Bertz CT molecular complexity index is 968. The minimum atomic E-state index is -0.781. The minimum absolute atomic E-state index is 0.0198. The zero-order chi connectivity index (χ0) is 26.2. The third-order valence-corrected chi connectivity index (χ3v) is 10.5. The summed E-state index contributed by atoms with van der Waals surface area (Å²) in [5.41, 5.74) is 0. The first kappa shape index (κ1) is 26.7. The van der Waals surface area contributed by atoms with E-state index in [1.165, 1.54) is 0 Å². The SMILES string of the molecule is CN1CC=C[C@]2(C)S[C@]34C=CCN(CCN5CCOCC5)C(=O)C3N(CCCCCO)C(=O)[C@@H]4[C@@H]2C1=O. The molecule has 0 bridgehead atoms. The van der Waals surface area contributed by atoms with E-state index >= 15 is 0 Å². The van der Waals surface area contributed by atoms with E-state index in [1.807, 2.05) is 17.1 Å². The van der Waals surface area contributed by atoms with Crippen molar-refractivity contribution in [2.24, 2.45) is 11.8 Å². The number of fused-ring (bicyclic) bond motifs is 2. The number of likely N-dealkylation sites (tertiary alicyclic amines) is 1. The number of aliphatic hydroxyl groups is 1. The fourth-order valence-corrected chi connectivity index (χ4v) is 8.95. The van der Waals surface area contributed by atoms with Crippen molar-refractivity contribution in [3.05, 3.63) is 24.3 Å². The zero-order valence-electron chi connectivity index (χ0n) is 22.0. The molecule has 37 heavy (non-hydrogen) atoms. The van der Waals surface area contributed by atoms with E-state index in [-0.39, 0.29) is 24.3 Å². The largest absolute Gasteiger partial charge is 0.396 e. The van der Waals surface area contributed by atoms with Gasteiger partial charge in [0.05, 0.1) is 29.8 Å². The van der Waals surface area contributed by atoms with E-state index in [4.69, 9.17) is 4.74 Å². The number of hydrogen-bond donors (Lipinski definition) is 1. The van der Waals surface area contributed by atoms with Gasteiger partial charge in [-0.3, -0.25) is 19.3 Å². The summed E-state index contributed by atoms with van der Waals surface area (Å²) in [6, 6.07) is -0.636. The van der Waals surface area contributed by atoms with Crippen LogP contribution in [0.5, 0.6) is 0 Å². The van der Waals surface area contributed by atoms with Crippen LogP contribution in [0.4, 0.5) is 0 Å². The van der Waals surface area contributed by atoms with E-state index in [0.29, 0.717) is 45.8 Å². The second-order valence-corrected chi connectivity index (χ2v) is 12.9. The van der Waals surface area contributed by atoms with Crippen molar-refractivity contribution in [2.45, 2.75) is 41.7 Å².